The number of hydrogen-bond acceptors (Lipinski definition) is 6. The Morgan fingerprint density at radius 3 is 2.50 bits per heavy atom. The minimum absolute atomic E-state index is 0.131. The highest BCUT2D eigenvalue weighted by atomic mass is 16.1. The molecule has 2 aromatic heterocycles. The van der Waals surface area contributed by atoms with Crippen molar-refractivity contribution in [1.82, 2.24) is 19.3 Å². The summed E-state index contributed by atoms with van der Waals surface area (Å²) >= 11 is 0. The van der Waals surface area contributed by atoms with Crippen LogP contribution in [0.25, 0.3) is 16.9 Å². The number of likely N-dealkylation sites (tertiary alicyclic amines) is 1. The summed E-state index contributed by atoms with van der Waals surface area (Å²) in [5.74, 6) is 1.30. The molecule has 0 unspecified atom stereocenters. The van der Waals surface area contributed by atoms with Crippen molar-refractivity contribution >= 4 is 28.9 Å². The van der Waals surface area contributed by atoms with Gasteiger partial charge in [0.25, 0.3) is 0 Å². The van der Waals surface area contributed by atoms with Crippen LogP contribution < -0.4 is 15.5 Å². The molecule has 8 heteroatoms. The second kappa shape index (κ2) is 9.99. The smallest absolute Gasteiger partial charge is 0.222 e. The fraction of sp³-hybridized carbons (Fsp3) is 0.458. The van der Waals surface area contributed by atoms with E-state index in [4.69, 9.17) is 4.98 Å². The third-order valence-electron chi connectivity index (χ3n) is 6.01. The molecule has 8 nitrogen and oxygen atoms in total. The van der Waals surface area contributed by atoms with Crippen molar-refractivity contribution in [3.63, 3.8) is 0 Å². The van der Waals surface area contributed by atoms with E-state index in [1.165, 1.54) is 38.5 Å². The topological polar surface area (TPSA) is 77.8 Å². The van der Waals surface area contributed by atoms with Crippen molar-refractivity contribution in [1.29, 1.82) is 0 Å². The van der Waals surface area contributed by atoms with Gasteiger partial charge in [0.1, 0.15) is 17.3 Å². The van der Waals surface area contributed by atoms with Crippen LogP contribution in [0.4, 0.5) is 17.3 Å². The molecule has 2 N–H and O–H groups in total. The maximum absolute atomic E-state index is 12.0. The summed E-state index contributed by atoms with van der Waals surface area (Å²) in [6.45, 7) is 11.9. The van der Waals surface area contributed by atoms with Crippen LogP contribution in [0.5, 0.6) is 0 Å². The summed E-state index contributed by atoms with van der Waals surface area (Å²) in [6, 6.07) is 8.33. The van der Waals surface area contributed by atoms with E-state index in [2.05, 4.69) is 63.5 Å². The molecule has 3 aromatic rings. The molecule has 0 bridgehead atoms. The number of amides is 1. The van der Waals surface area contributed by atoms with E-state index < -0.39 is 0 Å². The van der Waals surface area contributed by atoms with Crippen LogP contribution in [0, 0.1) is 0 Å². The number of rotatable bonds is 9. The van der Waals surface area contributed by atoms with Gasteiger partial charge < -0.3 is 20.4 Å². The van der Waals surface area contributed by atoms with Crippen molar-refractivity contribution in [3.05, 3.63) is 36.7 Å². The molecule has 0 aliphatic carbocycles. The van der Waals surface area contributed by atoms with Crippen LogP contribution in [0.15, 0.2) is 36.7 Å². The SMILES string of the molecule is CCN(CC)c1ccc(-c2nc3cnc(NCCN4CCCC4)cn3c2NC(C)=O)cc1. The van der Waals surface area contributed by atoms with Gasteiger partial charge in [-0.25, -0.2) is 9.97 Å². The van der Waals surface area contributed by atoms with Crippen molar-refractivity contribution < 1.29 is 4.79 Å². The van der Waals surface area contributed by atoms with Crippen molar-refractivity contribution in [3.8, 4) is 11.3 Å². The quantitative estimate of drug-likeness (QED) is 0.534. The van der Waals surface area contributed by atoms with E-state index in [0.717, 1.165) is 43.3 Å². The number of hydrogen-bond donors (Lipinski definition) is 2. The maximum atomic E-state index is 12.0. The lowest BCUT2D eigenvalue weighted by Crippen LogP contribution is -2.26. The van der Waals surface area contributed by atoms with E-state index in [1.54, 1.807) is 6.20 Å². The van der Waals surface area contributed by atoms with Crippen LogP contribution >= 0.6 is 0 Å². The first kappa shape index (κ1) is 22.1. The number of nitrogens with one attached hydrogen (secondary N) is 2. The Bertz CT molecular complexity index is 1050. The van der Waals surface area contributed by atoms with Gasteiger partial charge in [0.2, 0.25) is 5.91 Å². The summed E-state index contributed by atoms with van der Waals surface area (Å²) in [4.78, 5) is 26.0. The number of carbonyl (C=O) groups is 1. The van der Waals surface area contributed by atoms with Crippen molar-refractivity contribution in [2.75, 3.05) is 54.8 Å². The van der Waals surface area contributed by atoms with Crippen LogP contribution in [0.3, 0.4) is 0 Å². The maximum Gasteiger partial charge on any atom is 0.222 e. The molecule has 0 radical (unpaired) electrons. The van der Waals surface area contributed by atoms with Crippen molar-refractivity contribution in [2.45, 2.75) is 33.6 Å². The first-order chi connectivity index (χ1) is 15.6. The fourth-order valence-electron chi connectivity index (χ4n) is 4.30. The molecular formula is C24H33N7O. The number of fused-ring (bicyclic) bond motifs is 1. The monoisotopic (exact) mass is 435 g/mol. The number of anilines is 3. The van der Waals surface area contributed by atoms with Gasteiger partial charge in [0.15, 0.2) is 5.65 Å². The third-order valence-corrected chi connectivity index (χ3v) is 6.01. The van der Waals surface area contributed by atoms with Gasteiger partial charge in [-0.1, -0.05) is 12.1 Å². The third kappa shape index (κ3) is 4.85. The zero-order valence-electron chi connectivity index (χ0n) is 19.3. The van der Waals surface area contributed by atoms with Gasteiger partial charge in [-0.3, -0.25) is 9.20 Å². The Kier molecular flexibility index (Phi) is 6.90. The zero-order chi connectivity index (χ0) is 22.5. The molecule has 1 aliphatic rings. The minimum atomic E-state index is -0.131. The molecular weight excluding hydrogens is 402 g/mol. The molecule has 0 spiro atoms. The van der Waals surface area contributed by atoms with Crippen molar-refractivity contribution in [2.24, 2.45) is 0 Å². The number of aromatic nitrogens is 3. The number of imidazole rings is 1. The largest absolute Gasteiger partial charge is 0.372 e. The number of benzene rings is 1. The van der Waals surface area contributed by atoms with E-state index in [1.807, 2.05) is 10.6 Å². The summed E-state index contributed by atoms with van der Waals surface area (Å²) in [5, 5.41) is 6.38. The van der Waals surface area contributed by atoms with Gasteiger partial charge in [-0.15, -0.1) is 0 Å². The Labute approximate surface area is 189 Å². The highest BCUT2D eigenvalue weighted by molar-refractivity contribution is 5.93. The molecule has 170 valence electrons. The summed E-state index contributed by atoms with van der Waals surface area (Å²) in [7, 11) is 0. The lowest BCUT2D eigenvalue weighted by Gasteiger charge is -2.21. The molecule has 32 heavy (non-hydrogen) atoms. The van der Waals surface area contributed by atoms with Crippen LogP contribution in [0.1, 0.15) is 33.6 Å². The normalized spacial score (nSPS) is 14.1. The lowest BCUT2D eigenvalue weighted by molar-refractivity contribution is -0.114. The molecule has 3 heterocycles. The van der Waals surface area contributed by atoms with Gasteiger partial charge in [-0.05, 0) is 51.9 Å². The zero-order valence-corrected chi connectivity index (χ0v) is 19.3. The second-order valence-electron chi connectivity index (χ2n) is 8.19. The highest BCUT2D eigenvalue weighted by Crippen LogP contribution is 2.30. The summed E-state index contributed by atoms with van der Waals surface area (Å²) < 4.78 is 1.90. The Balaban J connectivity index is 1.61. The molecule has 4 rings (SSSR count). The average molecular weight is 436 g/mol. The van der Waals surface area contributed by atoms with Gasteiger partial charge in [0, 0.05) is 44.4 Å². The molecule has 1 saturated heterocycles. The average Bonchev–Trinajstić information content (AvgIpc) is 3.43. The standard InChI is InChI=1S/C24H33N7O/c1-4-30(5-2)20-10-8-19(9-11-20)23-24(27-18(3)32)31-17-21(26-16-22(31)28-23)25-12-15-29-13-6-7-14-29/h8-11,16-17,25H,4-7,12-15H2,1-3H3,(H,27,32). The summed E-state index contributed by atoms with van der Waals surface area (Å²) in [5.41, 5.74) is 3.57. The fourth-order valence-corrected chi connectivity index (χ4v) is 4.30. The number of carbonyl (C=O) groups excluding carboxylic acids is 1. The molecule has 1 aliphatic heterocycles. The van der Waals surface area contributed by atoms with Gasteiger partial charge in [-0.2, -0.15) is 0 Å². The first-order valence-corrected chi connectivity index (χ1v) is 11.6. The molecule has 1 fully saturated rings. The predicted molar refractivity (Wildman–Crippen MR) is 130 cm³/mol. The van der Waals surface area contributed by atoms with Crippen LogP contribution in [-0.4, -0.2) is 64.4 Å². The van der Waals surface area contributed by atoms with Crippen LogP contribution in [-0.2, 0) is 4.79 Å². The molecule has 0 saturated carbocycles. The Morgan fingerprint density at radius 2 is 1.84 bits per heavy atom. The Morgan fingerprint density at radius 1 is 1.12 bits per heavy atom. The lowest BCUT2D eigenvalue weighted by atomic mass is 10.1. The molecule has 0 atom stereocenters. The Hall–Kier alpha value is -3.13. The van der Waals surface area contributed by atoms with E-state index in [0.29, 0.717) is 11.5 Å². The van der Waals surface area contributed by atoms with E-state index in [9.17, 15) is 4.79 Å². The second-order valence-corrected chi connectivity index (χ2v) is 8.19. The van der Waals surface area contributed by atoms with E-state index >= 15 is 0 Å². The first-order valence-electron chi connectivity index (χ1n) is 11.6. The molecule has 1 amide bonds. The van der Waals surface area contributed by atoms with E-state index in [-0.39, 0.29) is 5.91 Å². The van der Waals surface area contributed by atoms with Crippen LogP contribution in [0.2, 0.25) is 0 Å². The predicted octanol–water partition coefficient (Wildman–Crippen LogP) is 3.71. The molecule has 1 aromatic carbocycles. The number of nitrogens with zero attached hydrogens (tertiary/aromatic N) is 5. The minimum Gasteiger partial charge on any atom is -0.372 e. The summed E-state index contributed by atoms with van der Waals surface area (Å²) in [6.07, 6.45) is 6.23. The highest BCUT2D eigenvalue weighted by Gasteiger charge is 2.17. The van der Waals surface area contributed by atoms with Gasteiger partial charge in [0.05, 0.1) is 12.4 Å². The van der Waals surface area contributed by atoms with Gasteiger partial charge >= 0.3 is 0 Å².